The summed E-state index contributed by atoms with van der Waals surface area (Å²) >= 11 is 0. The summed E-state index contributed by atoms with van der Waals surface area (Å²) in [5.41, 5.74) is -2.18. The van der Waals surface area contributed by atoms with Gasteiger partial charge in [-0.15, -0.1) is 0 Å². The molecule has 0 heterocycles. The number of hydrogen-bond donors (Lipinski definition) is 1. The number of rotatable bonds is 8. The van der Waals surface area contributed by atoms with Gasteiger partial charge in [-0.2, -0.15) is 0 Å². The summed E-state index contributed by atoms with van der Waals surface area (Å²) in [4.78, 5) is 46.9. The average Bonchev–Trinajstić information content (AvgIpc) is 2.37. The van der Waals surface area contributed by atoms with E-state index in [1.54, 1.807) is 0 Å². The quantitative estimate of drug-likeness (QED) is 0.387. The molecule has 0 radical (unpaired) electrons. The smallest absolute Gasteiger partial charge is 0.344 e. The molecule has 0 aromatic rings. The molecule has 1 N–H and O–H groups in total. The fourth-order valence-electron chi connectivity index (χ4n) is 1.52. The first kappa shape index (κ1) is 17.8. The van der Waals surface area contributed by atoms with Gasteiger partial charge in [-0.25, -0.2) is 9.59 Å². The molecule has 20 heavy (non-hydrogen) atoms. The van der Waals surface area contributed by atoms with Gasteiger partial charge >= 0.3 is 11.9 Å². The van der Waals surface area contributed by atoms with Crippen molar-refractivity contribution < 1.29 is 28.7 Å². The number of carbonyl (C=O) groups is 4. The Labute approximate surface area is 117 Å². The second-order valence-corrected chi connectivity index (χ2v) is 3.87. The van der Waals surface area contributed by atoms with E-state index in [1.807, 2.05) is 0 Å². The molecule has 0 spiro atoms. The highest BCUT2D eigenvalue weighted by Crippen LogP contribution is 2.17. The van der Waals surface area contributed by atoms with Gasteiger partial charge in [-0.05, 0) is 19.9 Å². The lowest BCUT2D eigenvalue weighted by atomic mass is 9.92. The van der Waals surface area contributed by atoms with Crippen molar-refractivity contribution in [2.45, 2.75) is 32.7 Å². The van der Waals surface area contributed by atoms with Crippen LogP contribution in [0, 0.1) is 0 Å². The zero-order chi connectivity index (χ0) is 15.8. The Morgan fingerprint density at radius 1 is 1.10 bits per heavy atom. The van der Waals surface area contributed by atoms with Crippen molar-refractivity contribution in [3.8, 4) is 0 Å². The van der Waals surface area contributed by atoms with E-state index >= 15 is 0 Å². The largest absolute Gasteiger partial charge is 0.464 e. The lowest BCUT2D eigenvalue weighted by Crippen LogP contribution is -2.62. The summed E-state index contributed by atoms with van der Waals surface area (Å²) in [6, 6.07) is 0. The zero-order valence-corrected chi connectivity index (χ0v) is 11.9. The zero-order valence-electron chi connectivity index (χ0n) is 11.9. The number of carbonyl (C=O) groups excluding carboxylic acids is 4. The molecular formula is C13H19NO6. The molecule has 0 fully saturated rings. The first-order valence-electron chi connectivity index (χ1n) is 6.12. The van der Waals surface area contributed by atoms with Crippen LogP contribution in [0.4, 0.5) is 0 Å². The van der Waals surface area contributed by atoms with Crippen LogP contribution in [-0.2, 0) is 28.7 Å². The van der Waals surface area contributed by atoms with Crippen molar-refractivity contribution in [3.05, 3.63) is 12.7 Å². The summed E-state index contributed by atoms with van der Waals surface area (Å²) in [6.45, 7) is 7.44. The van der Waals surface area contributed by atoms with Gasteiger partial charge in [0.15, 0.2) is 5.78 Å². The molecule has 0 atom stereocenters. The molecule has 7 nitrogen and oxygen atoms in total. The molecular weight excluding hydrogens is 266 g/mol. The van der Waals surface area contributed by atoms with E-state index in [9.17, 15) is 19.2 Å². The van der Waals surface area contributed by atoms with Crippen molar-refractivity contribution in [2.75, 3.05) is 13.2 Å². The third-order valence-corrected chi connectivity index (χ3v) is 2.30. The van der Waals surface area contributed by atoms with Gasteiger partial charge in [0, 0.05) is 6.92 Å². The van der Waals surface area contributed by atoms with Gasteiger partial charge in [0.2, 0.25) is 11.4 Å². The molecule has 0 saturated heterocycles. The molecule has 0 bridgehead atoms. The first-order chi connectivity index (χ1) is 9.33. The molecule has 0 aromatic heterocycles. The third kappa shape index (κ3) is 4.49. The van der Waals surface area contributed by atoms with Gasteiger partial charge in [-0.1, -0.05) is 6.58 Å². The standard InChI is InChI=1S/C13H19NO6/c1-5-10(16)8-13(14-9(4)15,11(17)19-6-2)12(18)20-7-3/h5H,1,6-8H2,2-4H3,(H,14,15). The Morgan fingerprint density at radius 3 is 1.85 bits per heavy atom. The molecule has 0 aliphatic rings. The van der Waals surface area contributed by atoms with Crippen molar-refractivity contribution in [2.24, 2.45) is 0 Å². The fourth-order valence-corrected chi connectivity index (χ4v) is 1.52. The van der Waals surface area contributed by atoms with Crippen molar-refractivity contribution in [3.63, 3.8) is 0 Å². The summed E-state index contributed by atoms with van der Waals surface area (Å²) in [6.07, 6.45) is 0.350. The Morgan fingerprint density at radius 2 is 1.55 bits per heavy atom. The normalized spacial score (nSPS) is 10.3. The van der Waals surface area contributed by atoms with Crippen LogP contribution >= 0.6 is 0 Å². The minimum Gasteiger partial charge on any atom is -0.464 e. The fraction of sp³-hybridized carbons (Fsp3) is 0.538. The van der Waals surface area contributed by atoms with E-state index in [2.05, 4.69) is 11.9 Å². The maximum atomic E-state index is 12.0. The number of allylic oxidation sites excluding steroid dienone is 1. The Balaban J connectivity index is 5.66. The SMILES string of the molecule is C=CC(=O)CC(NC(C)=O)(C(=O)OCC)C(=O)OCC. The van der Waals surface area contributed by atoms with Crippen LogP contribution < -0.4 is 5.32 Å². The molecule has 1 amide bonds. The lowest BCUT2D eigenvalue weighted by molar-refractivity contribution is -0.169. The van der Waals surface area contributed by atoms with E-state index in [-0.39, 0.29) is 13.2 Å². The Kier molecular flexibility index (Phi) is 7.20. The summed E-state index contributed by atoms with van der Waals surface area (Å²) in [5, 5.41) is 2.17. The minimum absolute atomic E-state index is 0.0121. The number of amides is 1. The topological polar surface area (TPSA) is 98.8 Å². The summed E-state index contributed by atoms with van der Waals surface area (Å²) < 4.78 is 9.56. The van der Waals surface area contributed by atoms with Crippen LogP contribution in [-0.4, -0.2) is 42.4 Å². The van der Waals surface area contributed by atoms with Crippen molar-refractivity contribution in [1.82, 2.24) is 5.32 Å². The van der Waals surface area contributed by atoms with Crippen LogP contribution in [0.5, 0.6) is 0 Å². The van der Waals surface area contributed by atoms with E-state index in [1.165, 1.54) is 13.8 Å². The second kappa shape index (κ2) is 8.08. The molecule has 7 heteroatoms. The molecule has 112 valence electrons. The minimum atomic E-state index is -2.18. The molecule has 0 rings (SSSR count). The predicted molar refractivity (Wildman–Crippen MR) is 69.6 cm³/mol. The van der Waals surface area contributed by atoms with E-state index < -0.39 is 35.6 Å². The van der Waals surface area contributed by atoms with Crippen LogP contribution in [0.2, 0.25) is 0 Å². The highest BCUT2D eigenvalue weighted by molar-refractivity contribution is 6.12. The van der Waals surface area contributed by atoms with Crippen molar-refractivity contribution in [1.29, 1.82) is 0 Å². The second-order valence-electron chi connectivity index (χ2n) is 3.87. The molecule has 0 saturated carbocycles. The third-order valence-electron chi connectivity index (χ3n) is 2.30. The van der Waals surface area contributed by atoms with Gasteiger partial charge in [0.25, 0.3) is 0 Å². The summed E-state index contributed by atoms with van der Waals surface area (Å²) in [7, 11) is 0. The van der Waals surface area contributed by atoms with E-state index in [0.29, 0.717) is 0 Å². The Bertz CT molecular complexity index is 397. The highest BCUT2D eigenvalue weighted by Gasteiger charge is 2.51. The predicted octanol–water partition coefficient (Wildman–Crippen LogP) is 0.133. The maximum Gasteiger partial charge on any atom is 0.344 e. The number of esters is 2. The number of nitrogens with one attached hydrogen (secondary N) is 1. The highest BCUT2D eigenvalue weighted by atomic mass is 16.6. The van der Waals surface area contributed by atoms with Crippen LogP contribution in [0.25, 0.3) is 0 Å². The first-order valence-corrected chi connectivity index (χ1v) is 6.12. The number of ether oxygens (including phenoxy) is 2. The molecule has 0 aromatic carbocycles. The van der Waals surface area contributed by atoms with Gasteiger partial charge in [0.05, 0.1) is 19.6 Å². The van der Waals surface area contributed by atoms with Gasteiger partial charge < -0.3 is 14.8 Å². The maximum absolute atomic E-state index is 12.0. The lowest BCUT2D eigenvalue weighted by Gasteiger charge is -2.28. The molecule has 0 aliphatic heterocycles. The average molecular weight is 285 g/mol. The van der Waals surface area contributed by atoms with Crippen LogP contribution in [0.1, 0.15) is 27.2 Å². The molecule has 0 aliphatic carbocycles. The molecule has 0 unspecified atom stereocenters. The number of ketones is 1. The van der Waals surface area contributed by atoms with Gasteiger partial charge in [0.1, 0.15) is 0 Å². The van der Waals surface area contributed by atoms with Crippen LogP contribution in [0.3, 0.4) is 0 Å². The number of hydrogen-bond acceptors (Lipinski definition) is 6. The summed E-state index contributed by atoms with van der Waals surface area (Å²) in [5.74, 6) is -3.34. The van der Waals surface area contributed by atoms with Crippen LogP contribution in [0.15, 0.2) is 12.7 Å². The van der Waals surface area contributed by atoms with Gasteiger partial charge in [-0.3, -0.25) is 9.59 Å². The van der Waals surface area contributed by atoms with E-state index in [4.69, 9.17) is 9.47 Å². The Hall–Kier alpha value is -2.18. The monoisotopic (exact) mass is 285 g/mol. The van der Waals surface area contributed by atoms with E-state index in [0.717, 1.165) is 13.0 Å². The van der Waals surface area contributed by atoms with Crippen molar-refractivity contribution >= 4 is 23.6 Å².